The summed E-state index contributed by atoms with van der Waals surface area (Å²) in [7, 11) is -4.37. The summed E-state index contributed by atoms with van der Waals surface area (Å²) in [5, 5.41) is 0. The van der Waals surface area contributed by atoms with Crippen LogP contribution in [0.25, 0.3) is 0 Å². The fraction of sp³-hybridized carbons (Fsp3) is 0.911. The van der Waals surface area contributed by atoms with Gasteiger partial charge in [0.05, 0.1) is 13.2 Å². The van der Waals surface area contributed by atoms with E-state index in [0.29, 0.717) is 6.42 Å². The van der Waals surface area contributed by atoms with Gasteiger partial charge in [0, 0.05) is 19.4 Å². The van der Waals surface area contributed by atoms with Gasteiger partial charge >= 0.3 is 19.8 Å². The fourth-order valence-electron chi connectivity index (χ4n) is 6.69. The molecule has 0 aromatic heterocycles. The molecule has 0 aliphatic heterocycles. The van der Waals surface area contributed by atoms with Crippen molar-refractivity contribution < 1.29 is 37.6 Å². The first-order valence-electron chi connectivity index (χ1n) is 23.2. The maximum absolute atomic E-state index is 12.6. The number of esters is 2. The maximum Gasteiger partial charge on any atom is 0.472 e. The number of ether oxygens (including phenoxy) is 2. The summed E-state index contributed by atoms with van der Waals surface area (Å²) in [6.07, 6.45) is 43.8. The lowest BCUT2D eigenvalue weighted by Gasteiger charge is -2.19. The van der Waals surface area contributed by atoms with Gasteiger partial charge in [-0.1, -0.05) is 193 Å². The lowest BCUT2D eigenvalue weighted by molar-refractivity contribution is -0.161. The number of carbonyl (C=O) groups is 2. The highest BCUT2D eigenvalue weighted by atomic mass is 31.2. The molecule has 3 N–H and O–H groups in total. The third kappa shape index (κ3) is 42.2. The Morgan fingerprint density at radius 1 is 0.527 bits per heavy atom. The number of nitrogens with two attached hydrogens (primary N) is 1. The van der Waals surface area contributed by atoms with Crippen LogP contribution >= 0.6 is 7.82 Å². The normalized spacial score (nSPS) is 13.3. The molecule has 9 nitrogen and oxygen atoms in total. The number of rotatable bonds is 44. The highest BCUT2D eigenvalue weighted by molar-refractivity contribution is 7.47. The fourth-order valence-corrected chi connectivity index (χ4v) is 7.45. The average molecular weight is 802 g/mol. The number of phosphoric acid groups is 1. The second-order valence-corrected chi connectivity index (χ2v) is 17.1. The monoisotopic (exact) mass is 802 g/mol. The molecule has 326 valence electrons. The van der Waals surface area contributed by atoms with Gasteiger partial charge in [0.15, 0.2) is 6.10 Å². The summed E-state index contributed by atoms with van der Waals surface area (Å²) in [5.41, 5.74) is 5.35. The van der Waals surface area contributed by atoms with E-state index in [1.807, 2.05) is 0 Å². The molecule has 0 aliphatic rings. The van der Waals surface area contributed by atoms with Crippen molar-refractivity contribution in [2.45, 2.75) is 238 Å². The average Bonchev–Trinajstić information content (AvgIpc) is 3.17. The van der Waals surface area contributed by atoms with Crippen LogP contribution in [0.3, 0.4) is 0 Å². The van der Waals surface area contributed by atoms with Crippen molar-refractivity contribution in [1.82, 2.24) is 0 Å². The minimum atomic E-state index is -4.37. The Bertz CT molecular complexity index is 917. The molecule has 55 heavy (non-hydrogen) atoms. The van der Waals surface area contributed by atoms with Gasteiger partial charge < -0.3 is 20.1 Å². The molecule has 10 heteroatoms. The van der Waals surface area contributed by atoms with Crippen LogP contribution in [-0.4, -0.2) is 49.3 Å². The number of hydrogen-bond acceptors (Lipinski definition) is 8. The minimum absolute atomic E-state index is 0.0549. The predicted molar refractivity (Wildman–Crippen MR) is 229 cm³/mol. The summed E-state index contributed by atoms with van der Waals surface area (Å²) in [6, 6.07) is 0. The molecule has 2 atom stereocenters. The molecule has 0 heterocycles. The number of allylic oxidation sites excluding steroid dienone is 2. The van der Waals surface area contributed by atoms with Crippen LogP contribution in [0, 0.1) is 0 Å². The number of unbranched alkanes of at least 4 members (excludes halogenated alkanes) is 29. The van der Waals surface area contributed by atoms with Gasteiger partial charge in [-0.2, -0.15) is 0 Å². The molecule has 2 unspecified atom stereocenters. The van der Waals surface area contributed by atoms with Crippen molar-refractivity contribution in [3.8, 4) is 0 Å². The van der Waals surface area contributed by atoms with Crippen LogP contribution in [0.15, 0.2) is 12.2 Å². The SMILES string of the molecule is CCCCCCCC/C=C\CCCCCCCC(=O)OC(COC(=O)CCCCCCCCCCCCCCCCCCCCC)COP(=O)(O)OCCN. The Morgan fingerprint density at radius 2 is 0.891 bits per heavy atom. The van der Waals surface area contributed by atoms with E-state index in [0.717, 1.165) is 51.4 Å². The van der Waals surface area contributed by atoms with Crippen LogP contribution in [0.5, 0.6) is 0 Å². The number of carbonyl (C=O) groups excluding carboxylic acids is 2. The van der Waals surface area contributed by atoms with Crippen LogP contribution in [-0.2, 0) is 32.7 Å². The Kier molecular flexibility index (Phi) is 41.4. The van der Waals surface area contributed by atoms with Gasteiger partial charge in [0.2, 0.25) is 0 Å². The van der Waals surface area contributed by atoms with Crippen molar-refractivity contribution in [1.29, 1.82) is 0 Å². The third-order valence-electron chi connectivity index (χ3n) is 10.2. The standard InChI is InChI=1S/C45H88NO8P/c1-3-5-7-9-11-13-15-17-19-20-21-22-24-25-27-29-31-33-35-37-44(47)51-41-43(42-53-55(49,50)52-40-39-46)54-45(48)38-36-34-32-30-28-26-23-18-16-14-12-10-8-6-4-2/h18,23,43H,3-17,19-22,24-42,46H2,1-2H3,(H,49,50)/b23-18-. The molecule has 0 aliphatic carbocycles. The smallest absolute Gasteiger partial charge is 0.462 e. The first-order chi connectivity index (χ1) is 26.8. The van der Waals surface area contributed by atoms with Gasteiger partial charge in [0.1, 0.15) is 6.61 Å². The lowest BCUT2D eigenvalue weighted by atomic mass is 10.0. The summed E-state index contributed by atoms with van der Waals surface area (Å²) in [6.45, 7) is 3.76. The van der Waals surface area contributed by atoms with Crippen molar-refractivity contribution in [3.63, 3.8) is 0 Å². The molecule has 0 rings (SSSR count). The number of hydrogen-bond donors (Lipinski definition) is 2. The minimum Gasteiger partial charge on any atom is -0.462 e. The molecule has 0 aromatic carbocycles. The van der Waals surface area contributed by atoms with Crippen LogP contribution in [0.1, 0.15) is 232 Å². The number of phosphoric ester groups is 1. The van der Waals surface area contributed by atoms with E-state index in [1.54, 1.807) is 0 Å². The quantitative estimate of drug-likeness (QED) is 0.0267. The topological polar surface area (TPSA) is 134 Å². The molecule has 0 aromatic rings. The maximum atomic E-state index is 12.6. The Hall–Kier alpha value is -1.25. The second kappa shape index (κ2) is 42.4. The molecule has 0 amide bonds. The van der Waals surface area contributed by atoms with E-state index < -0.39 is 26.5 Å². The van der Waals surface area contributed by atoms with Gasteiger partial charge in [-0.25, -0.2) is 4.57 Å². The Labute approximate surface area is 339 Å². The van der Waals surface area contributed by atoms with Crippen LogP contribution in [0.2, 0.25) is 0 Å². The molecule has 0 radical (unpaired) electrons. The van der Waals surface area contributed by atoms with Gasteiger partial charge in [-0.3, -0.25) is 18.6 Å². The molecular formula is C45H88NO8P. The van der Waals surface area contributed by atoms with Crippen molar-refractivity contribution in [3.05, 3.63) is 12.2 Å². The van der Waals surface area contributed by atoms with E-state index in [-0.39, 0.29) is 38.6 Å². The van der Waals surface area contributed by atoms with Gasteiger partial charge in [0.25, 0.3) is 0 Å². The van der Waals surface area contributed by atoms with Crippen molar-refractivity contribution in [2.75, 3.05) is 26.4 Å². The van der Waals surface area contributed by atoms with E-state index in [4.69, 9.17) is 24.3 Å². The molecule has 0 fully saturated rings. The Balaban J connectivity index is 4.07. The van der Waals surface area contributed by atoms with Crippen molar-refractivity contribution in [2.24, 2.45) is 5.73 Å². The molecule has 0 saturated heterocycles. The summed E-state index contributed by atoms with van der Waals surface area (Å²) in [4.78, 5) is 34.9. The van der Waals surface area contributed by atoms with E-state index in [2.05, 4.69) is 26.0 Å². The van der Waals surface area contributed by atoms with E-state index >= 15 is 0 Å². The summed E-state index contributed by atoms with van der Waals surface area (Å²) < 4.78 is 32.8. The summed E-state index contributed by atoms with van der Waals surface area (Å²) >= 11 is 0. The van der Waals surface area contributed by atoms with Gasteiger partial charge in [-0.05, 0) is 38.5 Å². The molecule has 0 saturated carbocycles. The zero-order valence-corrected chi connectivity index (χ0v) is 36.8. The highest BCUT2D eigenvalue weighted by Gasteiger charge is 2.26. The predicted octanol–water partition coefficient (Wildman–Crippen LogP) is 13.4. The largest absolute Gasteiger partial charge is 0.472 e. The first kappa shape index (κ1) is 53.8. The summed E-state index contributed by atoms with van der Waals surface area (Å²) in [5.74, 6) is -0.825. The highest BCUT2D eigenvalue weighted by Crippen LogP contribution is 2.43. The van der Waals surface area contributed by atoms with Gasteiger partial charge in [-0.15, -0.1) is 0 Å². The van der Waals surface area contributed by atoms with Crippen LogP contribution < -0.4 is 5.73 Å². The molecule has 0 bridgehead atoms. The lowest BCUT2D eigenvalue weighted by Crippen LogP contribution is -2.29. The zero-order chi connectivity index (χ0) is 40.3. The second-order valence-electron chi connectivity index (χ2n) is 15.6. The Morgan fingerprint density at radius 3 is 1.29 bits per heavy atom. The van der Waals surface area contributed by atoms with Crippen molar-refractivity contribution >= 4 is 19.8 Å². The van der Waals surface area contributed by atoms with E-state index in [9.17, 15) is 19.0 Å². The first-order valence-corrected chi connectivity index (χ1v) is 24.7. The molecular weight excluding hydrogens is 713 g/mol. The molecule has 0 spiro atoms. The van der Waals surface area contributed by atoms with E-state index in [1.165, 1.54) is 148 Å². The third-order valence-corrected chi connectivity index (χ3v) is 11.1. The van der Waals surface area contributed by atoms with Crippen LogP contribution in [0.4, 0.5) is 0 Å². The zero-order valence-electron chi connectivity index (χ0n) is 35.9.